The second-order valence-corrected chi connectivity index (χ2v) is 6.36. The molecule has 9 heteroatoms. The zero-order valence-electron chi connectivity index (χ0n) is 13.9. The number of anilines is 2. The first kappa shape index (κ1) is 18.1. The van der Waals surface area contributed by atoms with E-state index in [0.717, 1.165) is 18.2 Å². The molecule has 0 atom stereocenters. The molecule has 4 aromatic rings. The van der Waals surface area contributed by atoms with Gasteiger partial charge >= 0.3 is 0 Å². The second kappa shape index (κ2) is 6.42. The molecule has 0 spiro atoms. The topological polar surface area (TPSA) is 78.1 Å². The average Bonchev–Trinajstić information content (AvgIpc) is 2.97. The van der Waals surface area contributed by atoms with E-state index in [4.69, 9.17) is 27.5 Å². The highest BCUT2D eigenvalue weighted by atomic mass is 35.5. The fourth-order valence-electron chi connectivity index (χ4n) is 2.93. The molecule has 0 aliphatic rings. The average molecular weight is 408 g/mol. The van der Waals surface area contributed by atoms with Crippen molar-refractivity contribution >= 4 is 34.1 Å². The Morgan fingerprint density at radius 1 is 0.893 bits per heavy atom. The van der Waals surface area contributed by atoms with E-state index in [1.807, 2.05) is 0 Å². The van der Waals surface area contributed by atoms with E-state index in [-0.39, 0.29) is 38.8 Å². The lowest BCUT2D eigenvalue weighted by atomic mass is 10.00. The third-order valence-corrected chi connectivity index (χ3v) is 4.59. The fourth-order valence-corrected chi connectivity index (χ4v) is 3.11. The molecule has 2 aromatic carbocycles. The maximum atomic E-state index is 14.3. The third-order valence-electron chi connectivity index (χ3n) is 4.30. The van der Waals surface area contributed by atoms with Crippen LogP contribution < -0.4 is 11.5 Å². The van der Waals surface area contributed by atoms with Crippen LogP contribution >= 0.6 is 11.6 Å². The van der Waals surface area contributed by atoms with Gasteiger partial charge in [-0.1, -0.05) is 17.7 Å². The number of nitrogens with zero attached hydrogens (tertiary/aromatic N) is 1. The molecular formula is C19H10ClF4N3O. The minimum atomic E-state index is -1.64. The summed E-state index contributed by atoms with van der Waals surface area (Å²) >= 11 is 5.84. The first-order chi connectivity index (χ1) is 13.3. The van der Waals surface area contributed by atoms with Gasteiger partial charge in [0.15, 0.2) is 23.0 Å². The predicted molar refractivity (Wildman–Crippen MR) is 98.5 cm³/mol. The molecular weight excluding hydrogens is 398 g/mol. The molecule has 0 amide bonds. The van der Waals surface area contributed by atoms with Crippen molar-refractivity contribution in [3.8, 4) is 22.4 Å². The quantitative estimate of drug-likeness (QED) is 0.338. The Hall–Kier alpha value is -3.26. The van der Waals surface area contributed by atoms with Crippen molar-refractivity contribution in [3.63, 3.8) is 0 Å². The van der Waals surface area contributed by atoms with Gasteiger partial charge < -0.3 is 15.9 Å². The Labute approximate surface area is 160 Å². The zero-order chi connectivity index (χ0) is 20.2. The number of rotatable bonds is 2. The molecule has 0 aliphatic heterocycles. The Morgan fingerprint density at radius 3 is 2.32 bits per heavy atom. The van der Waals surface area contributed by atoms with Crippen LogP contribution in [0, 0.1) is 23.3 Å². The summed E-state index contributed by atoms with van der Waals surface area (Å²) in [7, 11) is 0. The van der Waals surface area contributed by atoms with Gasteiger partial charge in [0, 0.05) is 17.3 Å². The molecule has 0 unspecified atom stereocenters. The van der Waals surface area contributed by atoms with Crippen LogP contribution in [0.5, 0.6) is 0 Å². The van der Waals surface area contributed by atoms with Crippen molar-refractivity contribution in [2.24, 2.45) is 0 Å². The largest absolute Gasteiger partial charge is 0.436 e. The molecule has 0 saturated heterocycles. The van der Waals surface area contributed by atoms with Gasteiger partial charge in [0.2, 0.25) is 5.88 Å². The Balaban J connectivity index is 2.04. The number of benzene rings is 2. The van der Waals surface area contributed by atoms with E-state index in [0.29, 0.717) is 11.1 Å². The number of nitrogen functional groups attached to an aromatic ring is 2. The molecule has 4 nitrogen and oxygen atoms in total. The number of nitrogens with two attached hydrogens (primary N) is 2. The van der Waals surface area contributed by atoms with E-state index in [1.165, 1.54) is 18.3 Å². The summed E-state index contributed by atoms with van der Waals surface area (Å²) in [6.07, 6.45) is 1.31. The molecule has 2 heterocycles. The summed E-state index contributed by atoms with van der Waals surface area (Å²) in [4.78, 5) is 4.12. The van der Waals surface area contributed by atoms with Crippen LogP contribution in [0.4, 0.5) is 29.1 Å². The second-order valence-electron chi connectivity index (χ2n) is 5.96. The Bertz CT molecular complexity index is 1260. The summed E-state index contributed by atoms with van der Waals surface area (Å²) in [6, 6.07) is 5.75. The lowest BCUT2D eigenvalue weighted by Gasteiger charge is -2.09. The maximum absolute atomic E-state index is 14.3. The number of fused-ring (bicyclic) bond motifs is 1. The maximum Gasteiger partial charge on any atom is 0.215 e. The third kappa shape index (κ3) is 2.65. The highest BCUT2D eigenvalue weighted by Gasteiger charge is 2.23. The number of hydrogen-bond acceptors (Lipinski definition) is 4. The van der Waals surface area contributed by atoms with E-state index < -0.39 is 23.3 Å². The van der Waals surface area contributed by atoms with Crippen LogP contribution in [0.1, 0.15) is 0 Å². The monoisotopic (exact) mass is 407 g/mol. The summed E-state index contributed by atoms with van der Waals surface area (Å²) in [5.74, 6) is -5.20. The molecule has 0 aliphatic carbocycles. The minimum absolute atomic E-state index is 0.0298. The molecule has 0 radical (unpaired) electrons. The van der Waals surface area contributed by atoms with Gasteiger partial charge in [0.1, 0.15) is 17.2 Å². The number of furan rings is 1. The molecule has 0 bridgehead atoms. The van der Waals surface area contributed by atoms with Gasteiger partial charge in [-0.2, -0.15) is 0 Å². The van der Waals surface area contributed by atoms with Crippen LogP contribution in [0.25, 0.3) is 33.4 Å². The van der Waals surface area contributed by atoms with Crippen LogP contribution in [0.2, 0.25) is 5.02 Å². The minimum Gasteiger partial charge on any atom is -0.436 e. The van der Waals surface area contributed by atoms with Crippen LogP contribution in [0.3, 0.4) is 0 Å². The number of halogens is 5. The summed E-state index contributed by atoms with van der Waals surface area (Å²) in [5.41, 5.74) is 12.2. The van der Waals surface area contributed by atoms with Crippen molar-refractivity contribution < 1.29 is 22.0 Å². The zero-order valence-corrected chi connectivity index (χ0v) is 14.6. The number of pyridine rings is 1. The van der Waals surface area contributed by atoms with Gasteiger partial charge in [0.25, 0.3) is 0 Å². The van der Waals surface area contributed by atoms with Crippen LogP contribution in [-0.2, 0) is 0 Å². The van der Waals surface area contributed by atoms with Gasteiger partial charge in [-0.25, -0.2) is 17.6 Å². The standard InChI is InChI=1S/C19H10ClF4N3O/c20-10-5-7(1-3-11(10)21)9-6-27-17(18-13(9)16(25)19(26)28-18)8-2-4-12(22)15(24)14(8)23/h1-6H,25-26H2. The molecule has 0 fully saturated rings. The molecule has 4 N–H and O–H groups in total. The smallest absolute Gasteiger partial charge is 0.215 e. The summed E-state index contributed by atoms with van der Waals surface area (Å²) in [6.45, 7) is 0. The van der Waals surface area contributed by atoms with E-state index in [9.17, 15) is 17.6 Å². The fraction of sp³-hybridized carbons (Fsp3) is 0. The van der Waals surface area contributed by atoms with E-state index in [2.05, 4.69) is 4.98 Å². The van der Waals surface area contributed by atoms with Crippen LogP contribution in [0.15, 0.2) is 40.9 Å². The SMILES string of the molecule is Nc1oc2c(-c3ccc(F)c(F)c3F)ncc(-c3ccc(F)c(Cl)c3)c2c1N. The van der Waals surface area contributed by atoms with E-state index in [1.54, 1.807) is 0 Å². The van der Waals surface area contributed by atoms with Crippen molar-refractivity contribution in [1.82, 2.24) is 4.98 Å². The first-order valence-corrected chi connectivity index (χ1v) is 8.23. The van der Waals surface area contributed by atoms with Crippen LogP contribution in [-0.4, -0.2) is 4.98 Å². The van der Waals surface area contributed by atoms with Crippen molar-refractivity contribution in [2.75, 3.05) is 11.5 Å². The normalized spacial score (nSPS) is 11.3. The summed E-state index contributed by atoms with van der Waals surface area (Å²) in [5, 5.41) is 0.130. The molecule has 0 saturated carbocycles. The Morgan fingerprint density at radius 2 is 1.61 bits per heavy atom. The van der Waals surface area contributed by atoms with Gasteiger partial charge in [-0.05, 0) is 29.8 Å². The molecule has 28 heavy (non-hydrogen) atoms. The van der Waals surface area contributed by atoms with Gasteiger partial charge in [-0.3, -0.25) is 4.98 Å². The highest BCUT2D eigenvalue weighted by Crippen LogP contribution is 2.42. The highest BCUT2D eigenvalue weighted by molar-refractivity contribution is 6.31. The van der Waals surface area contributed by atoms with Crippen molar-refractivity contribution in [1.29, 1.82) is 0 Å². The molecule has 2 aromatic heterocycles. The first-order valence-electron chi connectivity index (χ1n) is 7.85. The number of hydrogen-bond donors (Lipinski definition) is 2. The van der Waals surface area contributed by atoms with Crippen molar-refractivity contribution in [2.45, 2.75) is 0 Å². The summed E-state index contributed by atoms with van der Waals surface area (Å²) < 4.78 is 60.2. The molecule has 4 rings (SSSR count). The van der Waals surface area contributed by atoms with Crippen molar-refractivity contribution in [3.05, 3.63) is 64.8 Å². The Kier molecular flexibility index (Phi) is 4.15. The van der Waals surface area contributed by atoms with Gasteiger partial charge in [0.05, 0.1) is 10.4 Å². The lowest BCUT2D eigenvalue weighted by Crippen LogP contribution is -1.97. The van der Waals surface area contributed by atoms with Gasteiger partial charge in [-0.15, -0.1) is 0 Å². The van der Waals surface area contributed by atoms with E-state index >= 15 is 0 Å². The number of aromatic nitrogens is 1. The molecule has 142 valence electrons. The predicted octanol–water partition coefficient (Wildman–Crippen LogP) is 5.54. The lowest BCUT2D eigenvalue weighted by molar-refractivity contribution is 0.448.